The van der Waals surface area contributed by atoms with Crippen LogP contribution in [0.25, 0.3) is 0 Å². The van der Waals surface area contributed by atoms with Crippen molar-refractivity contribution in [3.63, 3.8) is 0 Å². The average molecular weight is 450 g/mol. The van der Waals surface area contributed by atoms with Crippen molar-refractivity contribution in [3.8, 4) is 11.5 Å². The number of amides is 3. The molecule has 2 rings (SSSR count). The number of hydrogen-bond donors (Lipinski definition) is 3. The number of esters is 1. The lowest BCUT2D eigenvalue weighted by molar-refractivity contribution is -0.149. The van der Waals surface area contributed by atoms with Crippen LogP contribution in [0.3, 0.4) is 0 Å². The first-order chi connectivity index (χ1) is 14.8. The molecule has 0 unspecified atom stereocenters. The van der Waals surface area contributed by atoms with Crippen LogP contribution in [0, 0.1) is 0 Å². The third kappa shape index (κ3) is 7.71. The van der Waals surface area contributed by atoms with Crippen LogP contribution in [-0.2, 0) is 20.9 Å². The maximum Gasteiger partial charge on any atom is 0.312 e. The van der Waals surface area contributed by atoms with Gasteiger partial charge in [-0.3, -0.25) is 9.59 Å². The molecule has 0 bridgehead atoms. The highest BCUT2D eigenvalue weighted by Crippen LogP contribution is 2.27. The van der Waals surface area contributed by atoms with Crippen molar-refractivity contribution >= 4 is 29.5 Å². The predicted molar refractivity (Wildman–Crippen MR) is 114 cm³/mol. The molecule has 0 aromatic heterocycles. The number of carbonyl (C=O) groups excluding carboxylic acids is 3. The molecule has 0 saturated carbocycles. The summed E-state index contributed by atoms with van der Waals surface area (Å²) >= 11 is 5.86. The summed E-state index contributed by atoms with van der Waals surface area (Å²) in [6, 6.07) is 10.3. The average Bonchev–Trinajstić information content (AvgIpc) is 2.75. The Balaban J connectivity index is 1.85. The smallest absolute Gasteiger partial charge is 0.312 e. The fourth-order valence-electron chi connectivity index (χ4n) is 2.73. The van der Waals surface area contributed by atoms with E-state index < -0.39 is 30.6 Å². The molecule has 0 aliphatic rings. The van der Waals surface area contributed by atoms with Gasteiger partial charge in [0.25, 0.3) is 5.91 Å². The maximum atomic E-state index is 12.2. The van der Waals surface area contributed by atoms with E-state index in [2.05, 4.69) is 10.6 Å². The van der Waals surface area contributed by atoms with E-state index >= 15 is 0 Å². The largest absolute Gasteiger partial charge is 0.493 e. The number of primary amides is 1. The van der Waals surface area contributed by atoms with Crippen molar-refractivity contribution in [2.45, 2.75) is 19.0 Å². The van der Waals surface area contributed by atoms with Crippen molar-refractivity contribution in [3.05, 3.63) is 58.6 Å². The molecule has 2 aromatic carbocycles. The quantitative estimate of drug-likeness (QED) is 0.477. The van der Waals surface area contributed by atoms with Crippen molar-refractivity contribution in [1.29, 1.82) is 0 Å². The molecule has 1 atom stereocenters. The highest BCUT2D eigenvalue weighted by atomic mass is 35.5. The summed E-state index contributed by atoms with van der Waals surface area (Å²) in [6.45, 7) is -0.247. The van der Waals surface area contributed by atoms with Gasteiger partial charge in [0.2, 0.25) is 0 Å². The minimum Gasteiger partial charge on any atom is -0.493 e. The summed E-state index contributed by atoms with van der Waals surface area (Å²) in [7, 11) is 3.05. The Kier molecular flexibility index (Phi) is 8.95. The monoisotopic (exact) mass is 449 g/mol. The fraction of sp³-hybridized carbons (Fsp3) is 0.286. The molecule has 2 aromatic rings. The van der Waals surface area contributed by atoms with Crippen molar-refractivity contribution < 1.29 is 28.6 Å². The number of hydrogen-bond acceptors (Lipinski definition) is 6. The van der Waals surface area contributed by atoms with E-state index in [1.807, 2.05) is 0 Å². The number of methoxy groups -OCH3 is 2. The van der Waals surface area contributed by atoms with E-state index in [0.29, 0.717) is 22.1 Å². The standard InChI is InChI=1S/C21H24ClN3O6/c1-29-17-8-3-13(9-18(17)30-2)11-24-19(26)12-31-20(27)10-16(25-21(23)28)14-4-6-15(22)7-5-14/h3-9,16H,10-12H2,1-2H3,(H,24,26)(H3,23,25,28)/t16-/m0/s1. The summed E-state index contributed by atoms with van der Waals surface area (Å²) in [5.41, 5.74) is 6.59. The molecule has 0 spiro atoms. The highest BCUT2D eigenvalue weighted by molar-refractivity contribution is 6.30. The Morgan fingerprint density at radius 3 is 2.32 bits per heavy atom. The molecule has 166 valence electrons. The Morgan fingerprint density at radius 1 is 1.03 bits per heavy atom. The van der Waals surface area contributed by atoms with Gasteiger partial charge in [-0.1, -0.05) is 29.8 Å². The van der Waals surface area contributed by atoms with Gasteiger partial charge in [-0.15, -0.1) is 0 Å². The van der Waals surface area contributed by atoms with Gasteiger partial charge in [0.1, 0.15) is 0 Å². The molecule has 0 saturated heterocycles. The van der Waals surface area contributed by atoms with Crippen molar-refractivity contribution in [2.24, 2.45) is 5.73 Å². The van der Waals surface area contributed by atoms with Crippen LogP contribution >= 0.6 is 11.6 Å². The molecular formula is C21H24ClN3O6. The van der Waals surface area contributed by atoms with Gasteiger partial charge in [-0.2, -0.15) is 0 Å². The summed E-state index contributed by atoms with van der Waals surface area (Å²) in [5.74, 6) is -0.0359. The lowest BCUT2D eigenvalue weighted by Gasteiger charge is -2.17. The van der Waals surface area contributed by atoms with E-state index in [-0.39, 0.29) is 13.0 Å². The fourth-order valence-corrected chi connectivity index (χ4v) is 2.86. The molecule has 0 aliphatic heterocycles. The van der Waals surface area contributed by atoms with Crippen molar-refractivity contribution in [1.82, 2.24) is 10.6 Å². The van der Waals surface area contributed by atoms with Gasteiger partial charge in [-0.25, -0.2) is 4.79 Å². The van der Waals surface area contributed by atoms with E-state index in [1.54, 1.807) is 42.5 Å². The van der Waals surface area contributed by atoms with Crippen LogP contribution in [0.2, 0.25) is 5.02 Å². The number of benzene rings is 2. The van der Waals surface area contributed by atoms with Gasteiger partial charge in [0, 0.05) is 11.6 Å². The van der Waals surface area contributed by atoms with Crippen LogP contribution in [0.15, 0.2) is 42.5 Å². The first-order valence-electron chi connectivity index (χ1n) is 9.27. The van der Waals surface area contributed by atoms with E-state index in [9.17, 15) is 14.4 Å². The maximum absolute atomic E-state index is 12.2. The zero-order valence-electron chi connectivity index (χ0n) is 17.1. The number of halogens is 1. The number of nitrogens with one attached hydrogen (secondary N) is 2. The Morgan fingerprint density at radius 2 is 1.71 bits per heavy atom. The predicted octanol–water partition coefficient (Wildman–Crippen LogP) is 2.32. The third-order valence-corrected chi connectivity index (χ3v) is 4.51. The third-order valence-electron chi connectivity index (χ3n) is 4.26. The Bertz CT molecular complexity index is 920. The molecule has 10 heteroatoms. The lowest BCUT2D eigenvalue weighted by Crippen LogP contribution is -2.35. The van der Waals surface area contributed by atoms with Crippen LogP contribution in [0.1, 0.15) is 23.6 Å². The minimum absolute atomic E-state index is 0.201. The number of urea groups is 1. The summed E-state index contributed by atoms with van der Waals surface area (Å²) in [5, 5.41) is 5.63. The molecule has 0 heterocycles. The zero-order valence-corrected chi connectivity index (χ0v) is 17.9. The second kappa shape index (κ2) is 11.7. The normalized spacial score (nSPS) is 11.2. The van der Waals surface area contributed by atoms with E-state index in [4.69, 9.17) is 31.5 Å². The molecule has 0 aliphatic carbocycles. The Hall–Kier alpha value is -3.46. The molecule has 4 N–H and O–H groups in total. The first-order valence-corrected chi connectivity index (χ1v) is 9.64. The first kappa shape index (κ1) is 23.8. The summed E-state index contributed by atoms with van der Waals surface area (Å²) in [4.78, 5) is 35.4. The second-order valence-corrected chi connectivity index (χ2v) is 6.88. The number of nitrogens with two attached hydrogens (primary N) is 1. The Labute approximate surface area is 184 Å². The van der Waals surface area contributed by atoms with Crippen LogP contribution in [-0.4, -0.2) is 38.7 Å². The van der Waals surface area contributed by atoms with Gasteiger partial charge >= 0.3 is 12.0 Å². The number of rotatable bonds is 10. The van der Waals surface area contributed by atoms with Gasteiger partial charge in [0.15, 0.2) is 18.1 Å². The topological polar surface area (TPSA) is 129 Å². The van der Waals surface area contributed by atoms with E-state index in [1.165, 1.54) is 14.2 Å². The van der Waals surface area contributed by atoms with Crippen LogP contribution in [0.4, 0.5) is 4.79 Å². The lowest BCUT2D eigenvalue weighted by atomic mass is 10.0. The van der Waals surface area contributed by atoms with Gasteiger partial charge in [-0.05, 0) is 35.4 Å². The molecule has 9 nitrogen and oxygen atoms in total. The number of ether oxygens (including phenoxy) is 3. The summed E-state index contributed by atoms with van der Waals surface area (Å²) < 4.78 is 15.4. The molecule has 31 heavy (non-hydrogen) atoms. The SMILES string of the molecule is COc1ccc(CNC(=O)COC(=O)C[C@H](NC(N)=O)c2ccc(Cl)cc2)cc1OC. The molecule has 3 amide bonds. The van der Waals surface area contributed by atoms with Crippen LogP contribution in [0.5, 0.6) is 11.5 Å². The van der Waals surface area contributed by atoms with Crippen LogP contribution < -0.4 is 25.8 Å². The molecule has 0 radical (unpaired) electrons. The zero-order chi connectivity index (χ0) is 22.8. The minimum atomic E-state index is -0.791. The van der Waals surface area contributed by atoms with Gasteiger partial charge in [0.05, 0.1) is 26.7 Å². The molecule has 0 fully saturated rings. The van der Waals surface area contributed by atoms with E-state index in [0.717, 1.165) is 5.56 Å². The molecular weight excluding hydrogens is 426 g/mol. The van der Waals surface area contributed by atoms with Crippen molar-refractivity contribution in [2.75, 3.05) is 20.8 Å². The second-order valence-electron chi connectivity index (χ2n) is 6.44. The highest BCUT2D eigenvalue weighted by Gasteiger charge is 2.19. The number of carbonyl (C=O) groups is 3. The van der Waals surface area contributed by atoms with Gasteiger partial charge < -0.3 is 30.6 Å². The summed E-state index contributed by atoms with van der Waals surface area (Å²) in [6.07, 6.45) is -0.201.